The third-order valence-corrected chi connectivity index (χ3v) is 3.44. The van der Waals surface area contributed by atoms with Gasteiger partial charge in [-0.05, 0) is 12.8 Å². The average Bonchev–Trinajstić information content (AvgIpc) is 2.82. The van der Waals surface area contributed by atoms with Gasteiger partial charge in [-0.2, -0.15) is 0 Å². The number of carbonyl (C=O) groups excluding carboxylic acids is 1. The Labute approximate surface area is 91.0 Å². The second kappa shape index (κ2) is 4.94. The first-order valence-electron chi connectivity index (χ1n) is 5.87. The first-order chi connectivity index (χ1) is 7.29. The van der Waals surface area contributed by atoms with E-state index in [9.17, 15) is 4.79 Å². The Hall–Kier alpha value is -0.610. The summed E-state index contributed by atoms with van der Waals surface area (Å²) in [6.07, 6.45) is 4.85. The van der Waals surface area contributed by atoms with E-state index in [4.69, 9.17) is 4.74 Å². The van der Waals surface area contributed by atoms with Crippen LogP contribution in [-0.2, 0) is 9.53 Å². The van der Waals surface area contributed by atoms with E-state index < -0.39 is 0 Å². The van der Waals surface area contributed by atoms with Crippen LogP contribution in [0.3, 0.4) is 0 Å². The van der Waals surface area contributed by atoms with Crippen LogP contribution in [0.4, 0.5) is 0 Å². The number of morpholine rings is 1. The lowest BCUT2D eigenvalue weighted by molar-refractivity contribution is -0.137. The van der Waals surface area contributed by atoms with Crippen LogP contribution >= 0.6 is 0 Å². The van der Waals surface area contributed by atoms with E-state index in [1.165, 1.54) is 12.8 Å². The monoisotopic (exact) mass is 212 g/mol. The fourth-order valence-electron chi connectivity index (χ4n) is 2.44. The number of hydrogen-bond acceptors (Lipinski definition) is 3. The van der Waals surface area contributed by atoms with Gasteiger partial charge in [0.1, 0.15) is 6.04 Å². The number of hydrogen-bond donors (Lipinski definition) is 1. The van der Waals surface area contributed by atoms with Crippen molar-refractivity contribution >= 4 is 5.91 Å². The Morgan fingerprint density at radius 2 is 2.13 bits per heavy atom. The maximum Gasteiger partial charge on any atom is 0.242 e. The number of carbonyl (C=O) groups is 1. The molecule has 1 heterocycles. The fourth-order valence-corrected chi connectivity index (χ4v) is 2.44. The second-order valence-electron chi connectivity index (χ2n) is 4.47. The topological polar surface area (TPSA) is 41.6 Å². The normalized spacial score (nSPS) is 27.9. The van der Waals surface area contributed by atoms with Crippen LogP contribution in [-0.4, -0.2) is 49.7 Å². The van der Waals surface area contributed by atoms with Crippen molar-refractivity contribution < 1.29 is 9.53 Å². The van der Waals surface area contributed by atoms with Gasteiger partial charge in [0.15, 0.2) is 0 Å². The predicted molar refractivity (Wildman–Crippen MR) is 57.6 cm³/mol. The van der Waals surface area contributed by atoms with Gasteiger partial charge < -0.3 is 15.0 Å². The molecule has 0 aromatic heterocycles. The lowest BCUT2D eigenvalue weighted by Crippen LogP contribution is -2.53. The molecule has 1 saturated heterocycles. The van der Waals surface area contributed by atoms with Crippen LogP contribution in [0.25, 0.3) is 0 Å². The van der Waals surface area contributed by atoms with E-state index in [0.29, 0.717) is 12.6 Å². The largest absolute Gasteiger partial charge is 0.378 e. The first-order valence-corrected chi connectivity index (χ1v) is 5.87. The molecule has 0 radical (unpaired) electrons. The summed E-state index contributed by atoms with van der Waals surface area (Å²) in [5.74, 6) is 0.196. The highest BCUT2D eigenvalue weighted by molar-refractivity contribution is 5.82. The number of likely N-dealkylation sites (N-methyl/N-ethyl adjacent to an activating group) is 1. The molecule has 1 saturated carbocycles. The van der Waals surface area contributed by atoms with E-state index in [1.54, 1.807) is 0 Å². The highest BCUT2D eigenvalue weighted by Gasteiger charge is 2.29. The Bertz CT molecular complexity index is 221. The van der Waals surface area contributed by atoms with Gasteiger partial charge in [-0.3, -0.25) is 4.79 Å². The standard InChI is InChI=1S/C11H20N2O2/c1-13(9-4-2-3-5-9)11(14)10-8-15-7-6-12-10/h9-10,12H,2-8H2,1H3. The molecule has 2 aliphatic rings. The first kappa shape index (κ1) is 10.9. The fraction of sp³-hybridized carbons (Fsp3) is 0.909. The third-order valence-electron chi connectivity index (χ3n) is 3.44. The van der Waals surface area contributed by atoms with Crippen LogP contribution in [0.1, 0.15) is 25.7 Å². The van der Waals surface area contributed by atoms with E-state index in [1.807, 2.05) is 11.9 Å². The van der Waals surface area contributed by atoms with E-state index in [0.717, 1.165) is 26.0 Å². The Kier molecular flexibility index (Phi) is 3.59. The molecule has 86 valence electrons. The van der Waals surface area contributed by atoms with Crippen molar-refractivity contribution in [3.63, 3.8) is 0 Å². The lowest BCUT2D eigenvalue weighted by atomic mass is 10.1. The third kappa shape index (κ3) is 2.49. The van der Waals surface area contributed by atoms with Crippen LogP contribution in [0, 0.1) is 0 Å². The van der Waals surface area contributed by atoms with E-state index >= 15 is 0 Å². The molecule has 1 aliphatic carbocycles. The van der Waals surface area contributed by atoms with Crippen LogP contribution in [0.5, 0.6) is 0 Å². The van der Waals surface area contributed by atoms with Crippen molar-refractivity contribution in [3.05, 3.63) is 0 Å². The summed E-state index contributed by atoms with van der Waals surface area (Å²) >= 11 is 0. The van der Waals surface area contributed by atoms with Crippen molar-refractivity contribution in [2.45, 2.75) is 37.8 Å². The highest BCUT2D eigenvalue weighted by Crippen LogP contribution is 2.22. The number of rotatable bonds is 2. The van der Waals surface area contributed by atoms with Crippen LogP contribution in [0.2, 0.25) is 0 Å². The van der Waals surface area contributed by atoms with Crippen molar-refractivity contribution in [1.82, 2.24) is 10.2 Å². The van der Waals surface area contributed by atoms with Gasteiger partial charge in [0.25, 0.3) is 0 Å². The molecule has 2 rings (SSSR count). The molecular weight excluding hydrogens is 192 g/mol. The van der Waals surface area contributed by atoms with Crippen molar-refractivity contribution in [1.29, 1.82) is 0 Å². The zero-order valence-corrected chi connectivity index (χ0v) is 9.37. The molecule has 0 spiro atoms. The molecule has 4 nitrogen and oxygen atoms in total. The van der Waals surface area contributed by atoms with E-state index in [-0.39, 0.29) is 11.9 Å². The minimum atomic E-state index is -0.121. The van der Waals surface area contributed by atoms with Gasteiger partial charge in [-0.1, -0.05) is 12.8 Å². The predicted octanol–water partition coefficient (Wildman–Crippen LogP) is 0.376. The van der Waals surface area contributed by atoms with Gasteiger partial charge in [0, 0.05) is 19.6 Å². The summed E-state index contributed by atoms with van der Waals surface area (Å²) in [6, 6.07) is 0.338. The Morgan fingerprint density at radius 3 is 2.73 bits per heavy atom. The van der Waals surface area contributed by atoms with Crippen LogP contribution < -0.4 is 5.32 Å². The second-order valence-corrected chi connectivity index (χ2v) is 4.47. The van der Waals surface area contributed by atoms with Gasteiger partial charge in [0.2, 0.25) is 5.91 Å². The summed E-state index contributed by atoms with van der Waals surface area (Å²) < 4.78 is 5.31. The maximum absolute atomic E-state index is 12.1. The molecule has 4 heteroatoms. The molecular formula is C11H20N2O2. The lowest BCUT2D eigenvalue weighted by Gasteiger charge is -2.31. The minimum Gasteiger partial charge on any atom is -0.378 e. The molecule has 0 aromatic rings. The molecule has 0 bridgehead atoms. The zero-order valence-electron chi connectivity index (χ0n) is 9.37. The summed E-state index contributed by atoms with van der Waals surface area (Å²) in [4.78, 5) is 14.0. The molecule has 1 aliphatic heterocycles. The van der Waals surface area contributed by atoms with Gasteiger partial charge in [0.05, 0.1) is 13.2 Å². The Balaban J connectivity index is 1.87. The Morgan fingerprint density at radius 1 is 1.40 bits per heavy atom. The molecule has 0 aromatic carbocycles. The average molecular weight is 212 g/mol. The van der Waals surface area contributed by atoms with Crippen LogP contribution in [0.15, 0.2) is 0 Å². The number of ether oxygens (including phenoxy) is 1. The maximum atomic E-state index is 12.1. The number of nitrogens with one attached hydrogen (secondary N) is 1. The van der Waals surface area contributed by atoms with Crippen molar-refractivity contribution in [2.75, 3.05) is 26.8 Å². The summed E-state index contributed by atoms with van der Waals surface area (Å²) in [6.45, 7) is 2.03. The van der Waals surface area contributed by atoms with Gasteiger partial charge in [-0.15, -0.1) is 0 Å². The molecule has 1 atom stereocenters. The summed E-state index contributed by atoms with van der Waals surface area (Å²) in [5, 5.41) is 3.21. The van der Waals surface area contributed by atoms with Crippen molar-refractivity contribution in [3.8, 4) is 0 Å². The zero-order chi connectivity index (χ0) is 10.7. The highest BCUT2D eigenvalue weighted by atomic mass is 16.5. The number of amides is 1. The minimum absolute atomic E-state index is 0.121. The van der Waals surface area contributed by atoms with Crippen molar-refractivity contribution in [2.24, 2.45) is 0 Å². The number of nitrogens with zero attached hydrogens (tertiary/aromatic N) is 1. The summed E-state index contributed by atoms with van der Waals surface area (Å²) in [5.41, 5.74) is 0. The molecule has 1 amide bonds. The smallest absolute Gasteiger partial charge is 0.242 e. The van der Waals surface area contributed by atoms with Gasteiger partial charge >= 0.3 is 0 Å². The summed E-state index contributed by atoms with van der Waals surface area (Å²) in [7, 11) is 1.93. The van der Waals surface area contributed by atoms with Gasteiger partial charge in [-0.25, -0.2) is 0 Å². The molecule has 2 fully saturated rings. The molecule has 1 unspecified atom stereocenters. The van der Waals surface area contributed by atoms with E-state index in [2.05, 4.69) is 5.32 Å². The SMILES string of the molecule is CN(C(=O)C1COCCN1)C1CCCC1. The molecule has 15 heavy (non-hydrogen) atoms. The molecule has 1 N–H and O–H groups in total. The quantitative estimate of drug-likeness (QED) is 0.719.